The number of nitrogens with zero attached hydrogens (tertiary/aromatic N) is 1. The summed E-state index contributed by atoms with van der Waals surface area (Å²) in [6.07, 6.45) is -1.28. The highest BCUT2D eigenvalue weighted by Gasteiger charge is 2.42. The van der Waals surface area contributed by atoms with Crippen LogP contribution in [-0.4, -0.2) is 53.3 Å². The molecule has 0 fully saturated rings. The molecule has 1 aliphatic rings. The minimum absolute atomic E-state index is 0.215. The van der Waals surface area contributed by atoms with Crippen LogP contribution in [0.2, 0.25) is 0 Å². The summed E-state index contributed by atoms with van der Waals surface area (Å²) in [6.45, 7) is 6.41. The summed E-state index contributed by atoms with van der Waals surface area (Å²) in [6, 6.07) is 2.87. The van der Waals surface area contributed by atoms with Crippen LogP contribution in [0.3, 0.4) is 0 Å². The van der Waals surface area contributed by atoms with Crippen molar-refractivity contribution in [1.29, 1.82) is 0 Å². The van der Waals surface area contributed by atoms with Gasteiger partial charge in [0.2, 0.25) is 0 Å². The fourth-order valence-electron chi connectivity index (χ4n) is 2.57. The minimum atomic E-state index is -1.28. The number of rotatable bonds is 5. The van der Waals surface area contributed by atoms with E-state index in [1.165, 1.54) is 19.9 Å². The normalized spacial score (nSPS) is 15.0. The second-order valence-electron chi connectivity index (χ2n) is 6.13. The maximum absolute atomic E-state index is 12.5. The first-order valence-corrected chi connectivity index (χ1v) is 8.45. The third-order valence-electron chi connectivity index (χ3n) is 4.04. The van der Waals surface area contributed by atoms with E-state index in [0.717, 1.165) is 10.5 Å². The third-order valence-corrected chi connectivity index (χ3v) is 4.04. The number of ether oxygens (including phenoxy) is 1. The Bertz CT molecular complexity index is 819. The van der Waals surface area contributed by atoms with Gasteiger partial charge in [-0.3, -0.25) is 24.6 Å². The largest absolute Gasteiger partial charge is 0.451 e. The fourth-order valence-corrected chi connectivity index (χ4v) is 2.57. The van der Waals surface area contributed by atoms with Gasteiger partial charge in [0.25, 0.3) is 17.7 Å². The van der Waals surface area contributed by atoms with Gasteiger partial charge in [0, 0.05) is 6.54 Å². The lowest BCUT2D eigenvalue weighted by Crippen LogP contribution is -2.48. The Morgan fingerprint density at radius 3 is 2.37 bits per heavy atom. The Morgan fingerprint density at radius 1 is 1.11 bits per heavy atom. The Balaban J connectivity index is 2.05. The molecule has 0 aliphatic carbocycles. The predicted octanol–water partition coefficient (Wildman–Crippen LogP) is 0.757. The van der Waals surface area contributed by atoms with E-state index in [9.17, 15) is 24.0 Å². The van der Waals surface area contributed by atoms with Crippen molar-refractivity contribution < 1.29 is 28.7 Å². The summed E-state index contributed by atoms with van der Waals surface area (Å²) in [7, 11) is 0. The Labute approximate surface area is 156 Å². The highest BCUT2D eigenvalue weighted by atomic mass is 16.5. The lowest BCUT2D eigenvalue weighted by atomic mass is 10.1. The van der Waals surface area contributed by atoms with Crippen LogP contribution >= 0.6 is 0 Å². The van der Waals surface area contributed by atoms with E-state index in [4.69, 9.17) is 4.74 Å². The first-order chi connectivity index (χ1) is 12.7. The second-order valence-corrected chi connectivity index (χ2v) is 6.13. The number of hydrogen-bond donors (Lipinski definition) is 2. The summed E-state index contributed by atoms with van der Waals surface area (Å²) in [5.74, 6) is -2.94. The Hall–Kier alpha value is -3.23. The average molecular weight is 375 g/mol. The van der Waals surface area contributed by atoms with Crippen LogP contribution < -0.4 is 10.6 Å². The topological polar surface area (TPSA) is 122 Å². The molecule has 2 N–H and O–H groups in total. The molecule has 5 amide bonds. The van der Waals surface area contributed by atoms with E-state index in [-0.39, 0.29) is 11.1 Å². The summed E-state index contributed by atoms with van der Waals surface area (Å²) in [5, 5.41) is 4.39. The van der Waals surface area contributed by atoms with Gasteiger partial charge in [-0.15, -0.1) is 0 Å². The summed E-state index contributed by atoms with van der Waals surface area (Å²) in [4.78, 5) is 61.3. The van der Waals surface area contributed by atoms with E-state index in [0.29, 0.717) is 6.54 Å². The molecule has 1 aromatic carbocycles. The quantitative estimate of drug-likeness (QED) is 0.579. The van der Waals surface area contributed by atoms with Crippen LogP contribution in [0.25, 0.3) is 0 Å². The SMILES string of the molecule is CCNC(=O)NC(=O)C(C)OC(=O)C(C)N1C(=O)c2ccc(C)cc2C1=O. The molecule has 9 heteroatoms. The smallest absolute Gasteiger partial charge is 0.329 e. The molecule has 1 aliphatic heterocycles. The molecule has 1 heterocycles. The molecule has 9 nitrogen and oxygen atoms in total. The van der Waals surface area contributed by atoms with Gasteiger partial charge in [0.15, 0.2) is 6.10 Å². The average Bonchev–Trinajstić information content (AvgIpc) is 2.84. The van der Waals surface area contributed by atoms with Crippen LogP contribution in [0, 0.1) is 6.92 Å². The van der Waals surface area contributed by atoms with Crippen LogP contribution in [0.1, 0.15) is 47.1 Å². The highest BCUT2D eigenvalue weighted by Crippen LogP contribution is 2.26. The number of carbonyl (C=O) groups excluding carboxylic acids is 5. The molecule has 0 bridgehead atoms. The maximum atomic E-state index is 12.5. The fraction of sp³-hybridized carbons (Fsp3) is 0.389. The molecule has 2 unspecified atom stereocenters. The van der Waals surface area contributed by atoms with Gasteiger partial charge in [-0.25, -0.2) is 9.59 Å². The summed E-state index contributed by atoms with van der Waals surface area (Å²) in [5.41, 5.74) is 1.25. The van der Waals surface area contributed by atoms with Crippen LogP contribution in [-0.2, 0) is 14.3 Å². The van der Waals surface area contributed by atoms with Gasteiger partial charge in [0.1, 0.15) is 6.04 Å². The first-order valence-electron chi connectivity index (χ1n) is 8.45. The third kappa shape index (κ3) is 4.13. The van der Waals surface area contributed by atoms with Crippen molar-refractivity contribution in [3.05, 3.63) is 34.9 Å². The number of urea groups is 1. The molecule has 2 atom stereocenters. The molecule has 0 radical (unpaired) electrons. The van der Waals surface area contributed by atoms with Gasteiger partial charge in [0.05, 0.1) is 11.1 Å². The van der Waals surface area contributed by atoms with Gasteiger partial charge in [-0.2, -0.15) is 0 Å². The Morgan fingerprint density at radius 2 is 1.74 bits per heavy atom. The number of amides is 5. The molecule has 0 spiro atoms. The number of benzene rings is 1. The number of nitrogens with one attached hydrogen (secondary N) is 2. The van der Waals surface area contributed by atoms with E-state index in [2.05, 4.69) is 5.32 Å². The summed E-state index contributed by atoms with van der Waals surface area (Å²) >= 11 is 0. The summed E-state index contributed by atoms with van der Waals surface area (Å²) < 4.78 is 5.01. The van der Waals surface area contributed by atoms with E-state index in [1.54, 1.807) is 26.0 Å². The number of imide groups is 2. The molecule has 0 saturated carbocycles. The van der Waals surface area contributed by atoms with Crippen molar-refractivity contribution in [1.82, 2.24) is 15.5 Å². The lowest BCUT2D eigenvalue weighted by molar-refractivity contribution is -0.157. The molecule has 144 valence electrons. The zero-order valence-electron chi connectivity index (χ0n) is 15.5. The van der Waals surface area contributed by atoms with Crippen molar-refractivity contribution in [2.45, 2.75) is 39.8 Å². The number of fused-ring (bicyclic) bond motifs is 1. The molecular weight excluding hydrogens is 354 g/mol. The Kier molecular flexibility index (Phi) is 5.94. The number of carbonyl (C=O) groups is 5. The zero-order valence-corrected chi connectivity index (χ0v) is 15.5. The van der Waals surface area contributed by atoms with Crippen molar-refractivity contribution >= 4 is 29.7 Å². The standard InChI is InChI=1S/C18H21N3O6/c1-5-19-18(26)20-14(22)11(4)27-17(25)10(3)21-15(23)12-7-6-9(2)8-13(12)16(21)24/h6-8,10-11H,5H2,1-4H3,(H2,19,20,22,26). The lowest BCUT2D eigenvalue weighted by Gasteiger charge is -2.22. The van der Waals surface area contributed by atoms with Crippen LogP contribution in [0.5, 0.6) is 0 Å². The van der Waals surface area contributed by atoms with Crippen molar-refractivity contribution in [3.8, 4) is 0 Å². The van der Waals surface area contributed by atoms with Gasteiger partial charge >= 0.3 is 12.0 Å². The highest BCUT2D eigenvalue weighted by molar-refractivity contribution is 6.22. The number of hydrogen-bond acceptors (Lipinski definition) is 6. The minimum Gasteiger partial charge on any atom is -0.451 e. The maximum Gasteiger partial charge on any atom is 0.329 e. The molecule has 1 aromatic rings. The van der Waals surface area contributed by atoms with E-state index >= 15 is 0 Å². The molecule has 0 aromatic heterocycles. The van der Waals surface area contributed by atoms with E-state index in [1.807, 2.05) is 5.32 Å². The molecule has 2 rings (SSSR count). The molecule has 0 saturated heterocycles. The van der Waals surface area contributed by atoms with E-state index < -0.39 is 41.9 Å². The van der Waals surface area contributed by atoms with Crippen molar-refractivity contribution in [2.75, 3.05) is 6.54 Å². The predicted molar refractivity (Wildman–Crippen MR) is 93.9 cm³/mol. The number of aryl methyl sites for hydroxylation is 1. The molecular formula is C18H21N3O6. The van der Waals surface area contributed by atoms with Crippen molar-refractivity contribution in [3.63, 3.8) is 0 Å². The molecule has 27 heavy (non-hydrogen) atoms. The van der Waals surface area contributed by atoms with Gasteiger partial charge < -0.3 is 10.1 Å². The monoisotopic (exact) mass is 375 g/mol. The van der Waals surface area contributed by atoms with Crippen LogP contribution in [0.4, 0.5) is 4.79 Å². The first kappa shape index (κ1) is 20.1. The zero-order chi connectivity index (χ0) is 20.3. The van der Waals surface area contributed by atoms with Crippen LogP contribution in [0.15, 0.2) is 18.2 Å². The van der Waals surface area contributed by atoms with Crippen molar-refractivity contribution in [2.24, 2.45) is 0 Å². The van der Waals surface area contributed by atoms with Gasteiger partial charge in [-0.1, -0.05) is 11.6 Å². The van der Waals surface area contributed by atoms with Gasteiger partial charge in [-0.05, 0) is 39.8 Å². The second kappa shape index (κ2) is 7.98. The number of esters is 1.